The monoisotopic (exact) mass is 255 g/mol. The van der Waals surface area contributed by atoms with Gasteiger partial charge in [0.2, 0.25) is 5.89 Å². The Kier molecular flexibility index (Phi) is 4.45. The van der Waals surface area contributed by atoms with Crippen LogP contribution in [-0.2, 0) is 0 Å². The third kappa shape index (κ3) is 3.22. The Morgan fingerprint density at radius 2 is 2.35 bits per heavy atom. The standard InChI is InChI=1S/C12H21N3OS/c1-8-3-4-9(7-8)11-14-12(16-15-11)10(13)5-6-17-2/h8-10H,3-7,13H2,1-2H3/t8?,9?,10-/m0/s1. The molecule has 2 unspecified atom stereocenters. The quantitative estimate of drug-likeness (QED) is 0.876. The second-order valence-corrected chi connectivity index (χ2v) is 5.98. The van der Waals surface area contributed by atoms with E-state index >= 15 is 0 Å². The van der Waals surface area contributed by atoms with E-state index in [0.29, 0.717) is 11.8 Å². The lowest BCUT2D eigenvalue weighted by Crippen LogP contribution is -2.11. The number of nitrogens with two attached hydrogens (primary N) is 1. The highest BCUT2D eigenvalue weighted by Crippen LogP contribution is 2.36. The molecule has 0 aliphatic heterocycles. The Labute approximate surface area is 107 Å². The van der Waals surface area contributed by atoms with E-state index in [2.05, 4.69) is 23.3 Å². The summed E-state index contributed by atoms with van der Waals surface area (Å²) in [5.74, 6) is 3.76. The third-order valence-corrected chi connectivity index (χ3v) is 4.11. The fraction of sp³-hybridized carbons (Fsp3) is 0.833. The zero-order valence-corrected chi connectivity index (χ0v) is 11.4. The van der Waals surface area contributed by atoms with Gasteiger partial charge in [0.05, 0.1) is 6.04 Å². The van der Waals surface area contributed by atoms with E-state index in [1.807, 2.05) is 0 Å². The summed E-state index contributed by atoms with van der Waals surface area (Å²) in [4.78, 5) is 4.47. The van der Waals surface area contributed by atoms with Crippen LogP contribution >= 0.6 is 11.8 Å². The van der Waals surface area contributed by atoms with Gasteiger partial charge in [-0.2, -0.15) is 16.7 Å². The number of hydrogen-bond donors (Lipinski definition) is 1. The van der Waals surface area contributed by atoms with Crippen molar-refractivity contribution in [2.45, 2.75) is 44.6 Å². The molecule has 1 aliphatic carbocycles. The van der Waals surface area contributed by atoms with Gasteiger partial charge in [0.1, 0.15) is 0 Å². The van der Waals surface area contributed by atoms with Gasteiger partial charge in [0.25, 0.3) is 0 Å². The molecule has 0 aromatic carbocycles. The van der Waals surface area contributed by atoms with Crippen LogP contribution in [0.1, 0.15) is 56.3 Å². The molecule has 1 saturated carbocycles. The van der Waals surface area contributed by atoms with Gasteiger partial charge in [-0.3, -0.25) is 0 Å². The second kappa shape index (κ2) is 5.87. The van der Waals surface area contributed by atoms with Crippen LogP contribution in [0.15, 0.2) is 4.52 Å². The normalized spacial score (nSPS) is 26.3. The maximum Gasteiger partial charge on any atom is 0.243 e. The predicted octanol–water partition coefficient (Wildman–Crippen LogP) is 2.73. The average molecular weight is 255 g/mol. The first-order valence-corrected chi connectivity index (χ1v) is 7.68. The molecule has 4 nitrogen and oxygen atoms in total. The van der Waals surface area contributed by atoms with Gasteiger partial charge in [-0.05, 0) is 43.6 Å². The van der Waals surface area contributed by atoms with E-state index < -0.39 is 0 Å². The third-order valence-electron chi connectivity index (χ3n) is 3.47. The van der Waals surface area contributed by atoms with E-state index in [1.165, 1.54) is 19.3 Å². The van der Waals surface area contributed by atoms with Crippen LogP contribution in [0.3, 0.4) is 0 Å². The lowest BCUT2D eigenvalue weighted by Gasteiger charge is -2.04. The van der Waals surface area contributed by atoms with Crippen LogP contribution in [-0.4, -0.2) is 22.1 Å². The molecule has 0 bridgehead atoms. The van der Waals surface area contributed by atoms with E-state index in [-0.39, 0.29) is 6.04 Å². The van der Waals surface area contributed by atoms with Gasteiger partial charge in [0.15, 0.2) is 5.82 Å². The molecule has 5 heteroatoms. The van der Waals surface area contributed by atoms with Gasteiger partial charge in [0, 0.05) is 5.92 Å². The Balaban J connectivity index is 1.95. The first-order chi connectivity index (χ1) is 8.20. The van der Waals surface area contributed by atoms with Crippen LogP contribution in [0.4, 0.5) is 0 Å². The number of thioether (sulfide) groups is 1. The van der Waals surface area contributed by atoms with Crippen molar-refractivity contribution in [3.05, 3.63) is 11.7 Å². The van der Waals surface area contributed by atoms with Crippen molar-refractivity contribution in [3.63, 3.8) is 0 Å². The molecule has 1 aliphatic rings. The molecule has 1 aromatic heterocycles. The van der Waals surface area contributed by atoms with Gasteiger partial charge in [-0.1, -0.05) is 12.1 Å². The number of aromatic nitrogens is 2. The topological polar surface area (TPSA) is 64.9 Å². The molecule has 3 atom stereocenters. The summed E-state index contributed by atoms with van der Waals surface area (Å²) in [6, 6.07) is -0.109. The summed E-state index contributed by atoms with van der Waals surface area (Å²) in [7, 11) is 0. The summed E-state index contributed by atoms with van der Waals surface area (Å²) in [6.45, 7) is 2.28. The van der Waals surface area contributed by atoms with Gasteiger partial charge in [-0.25, -0.2) is 0 Å². The van der Waals surface area contributed by atoms with Crippen molar-refractivity contribution in [3.8, 4) is 0 Å². The highest BCUT2D eigenvalue weighted by molar-refractivity contribution is 7.98. The number of nitrogens with zero attached hydrogens (tertiary/aromatic N) is 2. The molecule has 1 heterocycles. The zero-order chi connectivity index (χ0) is 12.3. The summed E-state index contributed by atoms with van der Waals surface area (Å²) in [6.07, 6.45) is 6.60. The Hall–Kier alpha value is -0.550. The molecule has 0 radical (unpaired) electrons. The minimum Gasteiger partial charge on any atom is -0.338 e. The van der Waals surface area contributed by atoms with Crippen molar-refractivity contribution in [1.82, 2.24) is 10.1 Å². The van der Waals surface area contributed by atoms with E-state index in [0.717, 1.165) is 23.9 Å². The molecule has 0 amide bonds. The Morgan fingerprint density at radius 1 is 1.53 bits per heavy atom. The summed E-state index contributed by atoms with van der Waals surface area (Å²) in [5, 5.41) is 4.09. The fourth-order valence-corrected chi connectivity index (χ4v) is 2.86. The molecule has 1 fully saturated rings. The Bertz CT molecular complexity index is 355. The van der Waals surface area contributed by atoms with Crippen LogP contribution in [0.5, 0.6) is 0 Å². The highest BCUT2D eigenvalue weighted by Gasteiger charge is 2.27. The van der Waals surface area contributed by atoms with Crippen LogP contribution < -0.4 is 5.73 Å². The van der Waals surface area contributed by atoms with Crippen molar-refractivity contribution in [1.29, 1.82) is 0 Å². The zero-order valence-electron chi connectivity index (χ0n) is 10.6. The lowest BCUT2D eigenvalue weighted by molar-refractivity contribution is 0.346. The van der Waals surface area contributed by atoms with Crippen LogP contribution in [0.25, 0.3) is 0 Å². The van der Waals surface area contributed by atoms with Crippen LogP contribution in [0.2, 0.25) is 0 Å². The van der Waals surface area contributed by atoms with E-state index in [4.69, 9.17) is 10.3 Å². The summed E-state index contributed by atoms with van der Waals surface area (Å²) in [5.41, 5.74) is 6.01. The molecular formula is C12H21N3OS. The molecule has 0 saturated heterocycles. The molecule has 17 heavy (non-hydrogen) atoms. The minimum absolute atomic E-state index is 0.109. The molecule has 0 spiro atoms. The van der Waals surface area contributed by atoms with Gasteiger partial charge in [-0.15, -0.1) is 0 Å². The van der Waals surface area contributed by atoms with Crippen molar-refractivity contribution < 1.29 is 4.52 Å². The van der Waals surface area contributed by atoms with E-state index in [9.17, 15) is 0 Å². The maximum atomic E-state index is 6.01. The Morgan fingerprint density at radius 3 is 3.00 bits per heavy atom. The van der Waals surface area contributed by atoms with Crippen molar-refractivity contribution in [2.75, 3.05) is 12.0 Å². The molecule has 96 valence electrons. The SMILES string of the molecule is CSCC[C@H](N)c1nc(C2CCC(C)C2)no1. The van der Waals surface area contributed by atoms with Gasteiger partial charge < -0.3 is 10.3 Å². The number of rotatable bonds is 5. The minimum atomic E-state index is -0.109. The predicted molar refractivity (Wildman–Crippen MR) is 70.0 cm³/mol. The molecule has 2 rings (SSSR count). The largest absolute Gasteiger partial charge is 0.338 e. The van der Waals surface area contributed by atoms with Crippen molar-refractivity contribution in [2.24, 2.45) is 11.7 Å². The average Bonchev–Trinajstić information content (AvgIpc) is 2.93. The first-order valence-electron chi connectivity index (χ1n) is 6.28. The fourth-order valence-electron chi connectivity index (χ4n) is 2.37. The van der Waals surface area contributed by atoms with Gasteiger partial charge >= 0.3 is 0 Å². The lowest BCUT2D eigenvalue weighted by atomic mass is 10.1. The molecule has 2 N–H and O–H groups in total. The summed E-state index contributed by atoms with van der Waals surface area (Å²) >= 11 is 1.79. The summed E-state index contributed by atoms with van der Waals surface area (Å²) < 4.78 is 5.28. The molecule has 1 aromatic rings. The highest BCUT2D eigenvalue weighted by atomic mass is 32.2. The van der Waals surface area contributed by atoms with E-state index in [1.54, 1.807) is 11.8 Å². The molecular weight excluding hydrogens is 234 g/mol. The smallest absolute Gasteiger partial charge is 0.243 e. The second-order valence-electron chi connectivity index (χ2n) is 4.99. The van der Waals surface area contributed by atoms with Crippen molar-refractivity contribution >= 4 is 11.8 Å². The number of hydrogen-bond acceptors (Lipinski definition) is 5. The first kappa shape index (κ1) is 12.9. The maximum absolute atomic E-state index is 6.01. The van der Waals surface area contributed by atoms with Crippen LogP contribution in [0, 0.1) is 5.92 Å².